The SMILES string of the molecule is C=CCOc1cccc(NC(=O)CN(Cc2ccccc2Cl)S(C)(=O)=O)c1. The summed E-state index contributed by atoms with van der Waals surface area (Å²) in [7, 11) is -3.61. The van der Waals surface area contributed by atoms with Gasteiger partial charge in [0.05, 0.1) is 12.8 Å². The minimum Gasteiger partial charge on any atom is -0.489 e. The number of carbonyl (C=O) groups is 1. The first-order valence-electron chi connectivity index (χ1n) is 8.11. The van der Waals surface area contributed by atoms with Gasteiger partial charge in [0.2, 0.25) is 15.9 Å². The van der Waals surface area contributed by atoms with Crippen LogP contribution in [0.15, 0.2) is 61.2 Å². The Morgan fingerprint density at radius 3 is 2.67 bits per heavy atom. The van der Waals surface area contributed by atoms with Crippen LogP contribution in [-0.2, 0) is 21.4 Å². The van der Waals surface area contributed by atoms with Crippen LogP contribution in [-0.4, -0.2) is 38.0 Å². The quantitative estimate of drug-likeness (QED) is 0.646. The minimum atomic E-state index is -3.61. The van der Waals surface area contributed by atoms with Crippen LogP contribution < -0.4 is 10.1 Å². The maximum Gasteiger partial charge on any atom is 0.239 e. The summed E-state index contributed by atoms with van der Waals surface area (Å²) in [4.78, 5) is 12.4. The lowest BCUT2D eigenvalue weighted by Crippen LogP contribution is -2.37. The molecule has 0 heterocycles. The van der Waals surface area contributed by atoms with Crippen molar-refractivity contribution in [1.82, 2.24) is 4.31 Å². The van der Waals surface area contributed by atoms with Crippen molar-refractivity contribution >= 4 is 33.2 Å². The van der Waals surface area contributed by atoms with Gasteiger partial charge in [-0.25, -0.2) is 8.42 Å². The lowest BCUT2D eigenvalue weighted by Gasteiger charge is -2.20. The Bertz CT molecular complexity index is 915. The molecule has 0 fully saturated rings. The zero-order chi connectivity index (χ0) is 19.9. The second-order valence-corrected chi connectivity index (χ2v) is 8.19. The third-order valence-electron chi connectivity index (χ3n) is 3.58. The first-order chi connectivity index (χ1) is 12.8. The average molecular weight is 409 g/mol. The van der Waals surface area contributed by atoms with Crippen molar-refractivity contribution in [3.05, 3.63) is 71.8 Å². The number of rotatable bonds is 9. The van der Waals surface area contributed by atoms with Gasteiger partial charge in [-0.1, -0.05) is 48.5 Å². The maximum absolute atomic E-state index is 12.4. The fourth-order valence-electron chi connectivity index (χ4n) is 2.29. The molecule has 0 aliphatic rings. The van der Waals surface area contributed by atoms with Gasteiger partial charge in [0, 0.05) is 23.3 Å². The number of amides is 1. The van der Waals surface area contributed by atoms with Crippen molar-refractivity contribution in [3.8, 4) is 5.75 Å². The molecule has 0 radical (unpaired) electrons. The topological polar surface area (TPSA) is 75.7 Å². The highest BCUT2D eigenvalue weighted by molar-refractivity contribution is 7.88. The van der Waals surface area contributed by atoms with E-state index in [1.807, 2.05) is 0 Å². The number of hydrogen-bond donors (Lipinski definition) is 1. The molecule has 1 amide bonds. The number of nitrogens with one attached hydrogen (secondary N) is 1. The van der Waals surface area contributed by atoms with Crippen LogP contribution in [0, 0.1) is 0 Å². The average Bonchev–Trinajstić information content (AvgIpc) is 2.60. The van der Waals surface area contributed by atoms with Gasteiger partial charge in [-0.3, -0.25) is 4.79 Å². The van der Waals surface area contributed by atoms with Crippen molar-refractivity contribution in [3.63, 3.8) is 0 Å². The van der Waals surface area contributed by atoms with E-state index in [1.165, 1.54) is 0 Å². The van der Waals surface area contributed by atoms with Crippen LogP contribution in [0.3, 0.4) is 0 Å². The maximum atomic E-state index is 12.4. The van der Waals surface area contributed by atoms with E-state index in [0.717, 1.165) is 10.6 Å². The van der Waals surface area contributed by atoms with E-state index in [-0.39, 0.29) is 13.1 Å². The molecule has 0 atom stereocenters. The fraction of sp³-hybridized carbons (Fsp3) is 0.211. The van der Waals surface area contributed by atoms with Crippen LogP contribution >= 0.6 is 11.6 Å². The Morgan fingerprint density at radius 2 is 2.00 bits per heavy atom. The zero-order valence-electron chi connectivity index (χ0n) is 14.9. The second-order valence-electron chi connectivity index (χ2n) is 5.80. The van der Waals surface area contributed by atoms with Gasteiger partial charge < -0.3 is 10.1 Å². The summed E-state index contributed by atoms with van der Waals surface area (Å²) in [5.41, 5.74) is 1.13. The van der Waals surface area contributed by atoms with E-state index in [1.54, 1.807) is 54.6 Å². The summed E-state index contributed by atoms with van der Waals surface area (Å²) in [6.45, 7) is 3.60. The van der Waals surface area contributed by atoms with E-state index in [0.29, 0.717) is 28.6 Å². The molecule has 8 heteroatoms. The molecule has 1 N–H and O–H groups in total. The molecule has 0 bridgehead atoms. The summed E-state index contributed by atoms with van der Waals surface area (Å²) in [5, 5.41) is 3.12. The van der Waals surface area contributed by atoms with E-state index in [9.17, 15) is 13.2 Å². The van der Waals surface area contributed by atoms with Crippen LogP contribution in [0.2, 0.25) is 5.02 Å². The third-order valence-corrected chi connectivity index (χ3v) is 5.14. The van der Waals surface area contributed by atoms with Gasteiger partial charge in [-0.05, 0) is 23.8 Å². The van der Waals surface area contributed by atoms with Crippen molar-refractivity contribution < 1.29 is 17.9 Å². The first-order valence-corrected chi connectivity index (χ1v) is 10.3. The van der Waals surface area contributed by atoms with Crippen LogP contribution in [0.5, 0.6) is 5.75 Å². The molecule has 144 valence electrons. The van der Waals surface area contributed by atoms with E-state index in [2.05, 4.69) is 11.9 Å². The highest BCUT2D eigenvalue weighted by Gasteiger charge is 2.21. The zero-order valence-corrected chi connectivity index (χ0v) is 16.5. The molecule has 0 unspecified atom stereocenters. The smallest absolute Gasteiger partial charge is 0.239 e. The Morgan fingerprint density at radius 1 is 1.26 bits per heavy atom. The molecule has 2 aromatic rings. The molecule has 2 aromatic carbocycles. The Labute approximate surface area is 164 Å². The molecule has 6 nitrogen and oxygen atoms in total. The second kappa shape index (κ2) is 9.55. The molecular formula is C19H21ClN2O4S. The van der Waals surface area contributed by atoms with Crippen LogP contribution in [0.1, 0.15) is 5.56 Å². The molecule has 0 saturated carbocycles. The molecule has 0 aliphatic carbocycles. The molecule has 0 spiro atoms. The summed E-state index contributed by atoms with van der Waals surface area (Å²) in [6, 6.07) is 13.7. The largest absolute Gasteiger partial charge is 0.489 e. The number of benzene rings is 2. The fourth-order valence-corrected chi connectivity index (χ4v) is 3.21. The monoisotopic (exact) mass is 408 g/mol. The Balaban J connectivity index is 2.08. The predicted molar refractivity (Wildman–Crippen MR) is 107 cm³/mol. The lowest BCUT2D eigenvalue weighted by molar-refractivity contribution is -0.116. The number of anilines is 1. The number of carbonyl (C=O) groups excluding carboxylic acids is 1. The van der Waals surface area contributed by atoms with Gasteiger partial charge in [0.1, 0.15) is 12.4 Å². The third kappa shape index (κ3) is 6.71. The summed E-state index contributed by atoms with van der Waals surface area (Å²) in [6.07, 6.45) is 2.67. The molecule has 0 aromatic heterocycles. The highest BCUT2D eigenvalue weighted by Crippen LogP contribution is 2.20. The summed E-state index contributed by atoms with van der Waals surface area (Å²) < 4.78 is 30.6. The molecule has 0 aliphatic heterocycles. The summed E-state index contributed by atoms with van der Waals surface area (Å²) in [5.74, 6) is 0.108. The number of sulfonamides is 1. The number of nitrogens with zero attached hydrogens (tertiary/aromatic N) is 1. The van der Waals surface area contributed by atoms with Crippen molar-refractivity contribution in [2.45, 2.75) is 6.54 Å². The van der Waals surface area contributed by atoms with E-state index in [4.69, 9.17) is 16.3 Å². The van der Waals surface area contributed by atoms with Crippen molar-refractivity contribution in [2.75, 3.05) is 24.7 Å². The Kier molecular flexibility index (Phi) is 7.41. The molecule has 2 rings (SSSR count). The van der Waals surface area contributed by atoms with Gasteiger partial charge in [0.15, 0.2) is 0 Å². The number of halogens is 1. The minimum absolute atomic E-state index is 0.00835. The summed E-state index contributed by atoms with van der Waals surface area (Å²) >= 11 is 6.10. The van der Waals surface area contributed by atoms with Gasteiger partial charge in [-0.2, -0.15) is 4.31 Å². The number of ether oxygens (including phenoxy) is 1. The van der Waals surface area contributed by atoms with E-state index < -0.39 is 15.9 Å². The van der Waals surface area contributed by atoms with Gasteiger partial charge >= 0.3 is 0 Å². The highest BCUT2D eigenvalue weighted by atomic mass is 35.5. The molecule has 0 saturated heterocycles. The standard InChI is InChI=1S/C19H21ClN2O4S/c1-3-11-26-17-9-6-8-16(12-17)21-19(23)14-22(27(2,24)25)13-15-7-4-5-10-18(15)20/h3-10,12H,1,11,13-14H2,2H3,(H,21,23). The predicted octanol–water partition coefficient (Wildman–Crippen LogP) is 3.31. The molecular weight excluding hydrogens is 388 g/mol. The normalized spacial score (nSPS) is 11.2. The first kappa shape index (κ1) is 21.0. The Hall–Kier alpha value is -2.35. The van der Waals surface area contributed by atoms with E-state index >= 15 is 0 Å². The van der Waals surface area contributed by atoms with Crippen molar-refractivity contribution in [2.24, 2.45) is 0 Å². The molecule has 27 heavy (non-hydrogen) atoms. The number of hydrogen-bond acceptors (Lipinski definition) is 4. The van der Waals surface area contributed by atoms with Gasteiger partial charge in [0.25, 0.3) is 0 Å². The lowest BCUT2D eigenvalue weighted by atomic mass is 10.2. The van der Waals surface area contributed by atoms with Gasteiger partial charge in [-0.15, -0.1) is 0 Å². The van der Waals surface area contributed by atoms with Crippen LogP contribution in [0.4, 0.5) is 5.69 Å². The van der Waals surface area contributed by atoms with Crippen molar-refractivity contribution in [1.29, 1.82) is 0 Å². The van der Waals surface area contributed by atoms with Crippen LogP contribution in [0.25, 0.3) is 0 Å².